The van der Waals surface area contributed by atoms with Gasteiger partial charge in [-0.1, -0.05) is 13.8 Å². The van der Waals surface area contributed by atoms with Gasteiger partial charge in [-0.15, -0.1) is 0 Å². The smallest absolute Gasteiger partial charge is 0.0547 e. The summed E-state index contributed by atoms with van der Waals surface area (Å²) < 4.78 is 0. The number of aromatic amines is 1. The van der Waals surface area contributed by atoms with E-state index in [1.807, 2.05) is 0 Å². The third-order valence-electron chi connectivity index (χ3n) is 4.81. The third kappa shape index (κ3) is 1.22. The molecule has 0 aliphatic heterocycles. The van der Waals surface area contributed by atoms with Gasteiger partial charge in [-0.25, -0.2) is 0 Å². The molecule has 0 bridgehead atoms. The van der Waals surface area contributed by atoms with Crippen LogP contribution in [0.1, 0.15) is 50.1 Å². The van der Waals surface area contributed by atoms with Crippen molar-refractivity contribution in [3.63, 3.8) is 0 Å². The number of hydrogen-bond acceptors (Lipinski definition) is 1. The molecule has 88 valence electrons. The number of nitrogens with one attached hydrogen (secondary N) is 1. The average Bonchev–Trinajstić information content (AvgIpc) is 2.67. The highest BCUT2D eigenvalue weighted by Crippen LogP contribution is 2.63. The van der Waals surface area contributed by atoms with Gasteiger partial charge in [-0.3, -0.25) is 0 Å². The van der Waals surface area contributed by atoms with E-state index in [2.05, 4.69) is 24.9 Å². The van der Waals surface area contributed by atoms with Crippen LogP contribution in [0.3, 0.4) is 0 Å². The Labute approximate surface area is 97.1 Å². The van der Waals surface area contributed by atoms with Crippen LogP contribution in [0.5, 0.6) is 0 Å². The number of rotatable bonds is 2. The summed E-state index contributed by atoms with van der Waals surface area (Å²) in [6.45, 7) is 4.78. The second-order valence-electron chi connectivity index (χ2n) is 6.19. The van der Waals surface area contributed by atoms with Crippen molar-refractivity contribution < 1.29 is 5.11 Å². The van der Waals surface area contributed by atoms with Gasteiger partial charge in [0.1, 0.15) is 0 Å². The van der Waals surface area contributed by atoms with E-state index in [0.29, 0.717) is 0 Å². The van der Waals surface area contributed by atoms with E-state index in [-0.39, 0.29) is 17.4 Å². The van der Waals surface area contributed by atoms with Crippen LogP contribution in [-0.4, -0.2) is 16.7 Å². The van der Waals surface area contributed by atoms with Gasteiger partial charge in [0.2, 0.25) is 0 Å². The lowest BCUT2D eigenvalue weighted by Crippen LogP contribution is -2.19. The number of fused-ring (bicyclic) bond motifs is 1. The molecule has 0 amide bonds. The zero-order valence-corrected chi connectivity index (χ0v) is 10.3. The number of aliphatic hydroxyl groups excluding tert-OH is 1. The van der Waals surface area contributed by atoms with E-state index >= 15 is 0 Å². The Kier molecular flexibility index (Phi) is 2.03. The van der Waals surface area contributed by atoms with Crippen molar-refractivity contribution in [2.24, 2.45) is 5.41 Å². The van der Waals surface area contributed by atoms with Gasteiger partial charge in [0.05, 0.1) is 6.61 Å². The summed E-state index contributed by atoms with van der Waals surface area (Å²) in [6, 6.07) is 2.32. The molecular weight excluding hydrogens is 198 g/mol. The first-order chi connectivity index (χ1) is 7.59. The summed E-state index contributed by atoms with van der Waals surface area (Å²) in [5.41, 5.74) is 4.49. The largest absolute Gasteiger partial charge is 0.395 e. The maximum Gasteiger partial charge on any atom is 0.0547 e. The molecule has 2 aliphatic rings. The van der Waals surface area contributed by atoms with E-state index in [1.54, 1.807) is 0 Å². The SMILES string of the molecule is CC1(C)CC1(CO)c1cc2c([nH]1)CCCC2. The van der Waals surface area contributed by atoms with E-state index in [0.717, 1.165) is 6.42 Å². The van der Waals surface area contributed by atoms with Gasteiger partial charge in [-0.2, -0.15) is 0 Å². The highest BCUT2D eigenvalue weighted by Gasteiger charge is 2.62. The van der Waals surface area contributed by atoms with E-state index < -0.39 is 0 Å². The molecule has 0 spiro atoms. The standard InChI is InChI=1S/C14H21NO/c1-13(2)8-14(13,9-16)12-7-10-5-3-4-6-11(10)15-12/h7,15-16H,3-6,8-9H2,1-2H3. The number of aromatic nitrogens is 1. The molecule has 1 atom stereocenters. The van der Waals surface area contributed by atoms with Gasteiger partial charge >= 0.3 is 0 Å². The summed E-state index contributed by atoms with van der Waals surface area (Å²) >= 11 is 0. The summed E-state index contributed by atoms with van der Waals surface area (Å²) in [7, 11) is 0. The normalized spacial score (nSPS) is 31.2. The lowest BCUT2D eigenvalue weighted by molar-refractivity contribution is 0.229. The van der Waals surface area contributed by atoms with Crippen molar-refractivity contribution >= 4 is 0 Å². The summed E-state index contributed by atoms with van der Waals surface area (Å²) in [5, 5.41) is 9.69. The van der Waals surface area contributed by atoms with Crippen LogP contribution in [0.4, 0.5) is 0 Å². The van der Waals surface area contributed by atoms with Crippen molar-refractivity contribution in [3.05, 3.63) is 23.0 Å². The third-order valence-corrected chi connectivity index (χ3v) is 4.81. The van der Waals surface area contributed by atoms with Crippen LogP contribution < -0.4 is 0 Å². The Hall–Kier alpha value is -0.760. The van der Waals surface area contributed by atoms with Crippen molar-refractivity contribution in [3.8, 4) is 0 Å². The van der Waals surface area contributed by atoms with Gasteiger partial charge in [-0.05, 0) is 49.1 Å². The zero-order valence-electron chi connectivity index (χ0n) is 10.3. The molecule has 1 saturated carbocycles. The molecule has 0 saturated heterocycles. The summed E-state index contributed by atoms with van der Waals surface area (Å²) in [6.07, 6.45) is 6.14. The molecule has 0 aromatic carbocycles. The molecule has 1 heterocycles. The van der Waals surface area contributed by atoms with Crippen LogP contribution in [0.25, 0.3) is 0 Å². The van der Waals surface area contributed by atoms with Gasteiger partial charge in [0, 0.05) is 16.8 Å². The Bertz CT molecular complexity index is 395. The number of H-pyrrole nitrogens is 1. The second-order valence-corrected chi connectivity index (χ2v) is 6.19. The number of aliphatic hydroxyl groups is 1. The minimum absolute atomic E-state index is 0.0182. The van der Waals surface area contributed by atoms with Crippen LogP contribution >= 0.6 is 0 Å². The molecule has 1 aromatic heterocycles. The first kappa shape index (κ1) is 10.4. The minimum atomic E-state index is 0.0182. The van der Waals surface area contributed by atoms with Gasteiger partial charge in [0.25, 0.3) is 0 Å². The fourth-order valence-corrected chi connectivity index (χ4v) is 3.39. The quantitative estimate of drug-likeness (QED) is 0.788. The average molecular weight is 219 g/mol. The van der Waals surface area contributed by atoms with Gasteiger partial charge < -0.3 is 10.1 Å². The molecule has 16 heavy (non-hydrogen) atoms. The first-order valence-corrected chi connectivity index (χ1v) is 6.41. The van der Waals surface area contributed by atoms with Gasteiger partial charge in [0.15, 0.2) is 0 Å². The van der Waals surface area contributed by atoms with Crippen LogP contribution in [0, 0.1) is 5.41 Å². The molecule has 1 fully saturated rings. The van der Waals surface area contributed by atoms with E-state index in [9.17, 15) is 5.11 Å². The minimum Gasteiger partial charge on any atom is -0.395 e. The Balaban J connectivity index is 1.98. The van der Waals surface area contributed by atoms with Crippen molar-refractivity contribution in [1.29, 1.82) is 0 Å². The highest BCUT2D eigenvalue weighted by molar-refractivity contribution is 5.39. The fraction of sp³-hybridized carbons (Fsp3) is 0.714. The molecule has 2 N–H and O–H groups in total. The molecule has 1 aromatic rings. The first-order valence-electron chi connectivity index (χ1n) is 6.41. The van der Waals surface area contributed by atoms with Crippen molar-refractivity contribution in [1.82, 2.24) is 4.98 Å². The van der Waals surface area contributed by atoms with Crippen LogP contribution in [0.2, 0.25) is 0 Å². The molecule has 2 heteroatoms. The van der Waals surface area contributed by atoms with E-state index in [4.69, 9.17) is 0 Å². The maximum atomic E-state index is 9.69. The lowest BCUT2D eigenvalue weighted by atomic mass is 9.92. The number of aryl methyl sites for hydroxylation is 2. The van der Waals surface area contributed by atoms with E-state index in [1.165, 1.54) is 42.6 Å². The Morgan fingerprint density at radius 2 is 2.00 bits per heavy atom. The van der Waals surface area contributed by atoms with Crippen molar-refractivity contribution in [2.75, 3.05) is 6.61 Å². The molecule has 1 unspecified atom stereocenters. The Morgan fingerprint density at radius 3 is 2.56 bits per heavy atom. The molecule has 2 aliphatic carbocycles. The predicted molar refractivity (Wildman–Crippen MR) is 64.6 cm³/mol. The van der Waals surface area contributed by atoms with Crippen LogP contribution in [-0.2, 0) is 18.3 Å². The molecule has 2 nitrogen and oxygen atoms in total. The summed E-state index contributed by atoms with van der Waals surface area (Å²) in [5.74, 6) is 0. The predicted octanol–water partition coefficient (Wildman–Crippen LogP) is 2.55. The lowest BCUT2D eigenvalue weighted by Gasteiger charge is -2.16. The molecule has 0 radical (unpaired) electrons. The Morgan fingerprint density at radius 1 is 1.31 bits per heavy atom. The molecular formula is C14H21NO. The van der Waals surface area contributed by atoms with Crippen LogP contribution in [0.15, 0.2) is 6.07 Å². The zero-order chi connectivity index (χ0) is 11.4. The summed E-state index contributed by atoms with van der Waals surface area (Å²) in [4.78, 5) is 3.58. The number of hydrogen-bond donors (Lipinski definition) is 2. The fourth-order valence-electron chi connectivity index (χ4n) is 3.39. The highest BCUT2D eigenvalue weighted by atomic mass is 16.3. The van der Waals surface area contributed by atoms with Crippen molar-refractivity contribution in [2.45, 2.75) is 51.4 Å². The molecule has 3 rings (SSSR count). The maximum absolute atomic E-state index is 9.69. The monoisotopic (exact) mass is 219 g/mol. The topological polar surface area (TPSA) is 36.0 Å². The second kappa shape index (κ2) is 3.13.